The second-order valence-corrected chi connectivity index (χ2v) is 3.54. The van der Waals surface area contributed by atoms with Crippen LogP contribution in [0, 0.1) is 5.92 Å². The second kappa shape index (κ2) is 5.55. The number of amidine groups is 1. The van der Waals surface area contributed by atoms with E-state index in [1.165, 1.54) is 0 Å². The van der Waals surface area contributed by atoms with Crippen LogP contribution in [-0.4, -0.2) is 36.2 Å². The molecule has 0 radical (unpaired) electrons. The molecule has 6 nitrogen and oxygen atoms in total. The molecule has 0 aromatic heterocycles. The maximum Gasteiger partial charge on any atom is 0.246 e. The molecule has 0 spiro atoms. The van der Waals surface area contributed by atoms with Crippen molar-refractivity contribution >= 4 is 11.7 Å². The highest BCUT2D eigenvalue weighted by molar-refractivity contribution is 5.90. The Hall–Kier alpha value is -1.30. The fourth-order valence-corrected chi connectivity index (χ4v) is 1.33. The zero-order valence-corrected chi connectivity index (χ0v) is 8.77. The highest BCUT2D eigenvalue weighted by Crippen LogP contribution is 2.32. The van der Waals surface area contributed by atoms with E-state index >= 15 is 0 Å². The largest absolute Gasteiger partial charge is 0.409 e. The monoisotopic (exact) mass is 215 g/mol. The predicted octanol–water partition coefficient (Wildman–Crippen LogP) is -0.336. The van der Waals surface area contributed by atoms with Gasteiger partial charge in [0.2, 0.25) is 5.91 Å². The number of amides is 1. The van der Waals surface area contributed by atoms with Gasteiger partial charge in [0.25, 0.3) is 0 Å². The van der Waals surface area contributed by atoms with Gasteiger partial charge in [-0.15, -0.1) is 0 Å². The van der Waals surface area contributed by atoms with Crippen LogP contribution in [-0.2, 0) is 9.53 Å². The number of nitrogens with two attached hydrogens (primary N) is 1. The Kier molecular flexibility index (Phi) is 4.36. The average Bonchev–Trinajstić information content (AvgIpc) is 3.05. The van der Waals surface area contributed by atoms with Crippen molar-refractivity contribution in [1.82, 2.24) is 5.32 Å². The standard InChI is InChI=1S/C9H17N3O3/c1-2-15-5-7(13)11-8(6-3-4-6)9(10)12-14/h6,8,14H,2-5H2,1H3,(H2,10,12)(H,11,13). The number of oxime groups is 1. The lowest BCUT2D eigenvalue weighted by Crippen LogP contribution is -2.47. The van der Waals surface area contributed by atoms with Crippen molar-refractivity contribution in [2.24, 2.45) is 16.8 Å². The summed E-state index contributed by atoms with van der Waals surface area (Å²) in [5.41, 5.74) is 5.48. The van der Waals surface area contributed by atoms with Gasteiger partial charge in [-0.3, -0.25) is 4.79 Å². The van der Waals surface area contributed by atoms with Crippen LogP contribution in [0.5, 0.6) is 0 Å². The molecule has 1 amide bonds. The van der Waals surface area contributed by atoms with Gasteiger partial charge in [-0.05, 0) is 25.7 Å². The number of ether oxygens (including phenoxy) is 1. The molecule has 1 aliphatic rings. The minimum Gasteiger partial charge on any atom is -0.409 e. The van der Waals surface area contributed by atoms with Gasteiger partial charge in [0.1, 0.15) is 6.61 Å². The van der Waals surface area contributed by atoms with E-state index in [-0.39, 0.29) is 24.4 Å². The zero-order valence-electron chi connectivity index (χ0n) is 8.77. The van der Waals surface area contributed by atoms with Crippen LogP contribution in [0.4, 0.5) is 0 Å². The Morgan fingerprint density at radius 3 is 2.87 bits per heavy atom. The van der Waals surface area contributed by atoms with Gasteiger partial charge in [-0.25, -0.2) is 0 Å². The molecule has 1 fully saturated rings. The molecule has 1 atom stereocenters. The number of hydrogen-bond donors (Lipinski definition) is 3. The third-order valence-corrected chi connectivity index (χ3v) is 2.28. The average molecular weight is 215 g/mol. The van der Waals surface area contributed by atoms with Gasteiger partial charge in [-0.1, -0.05) is 5.16 Å². The highest BCUT2D eigenvalue weighted by atomic mass is 16.5. The van der Waals surface area contributed by atoms with Crippen molar-refractivity contribution in [2.45, 2.75) is 25.8 Å². The maximum absolute atomic E-state index is 11.3. The van der Waals surface area contributed by atoms with Gasteiger partial charge in [0.15, 0.2) is 5.84 Å². The van der Waals surface area contributed by atoms with Crippen molar-refractivity contribution in [3.63, 3.8) is 0 Å². The van der Waals surface area contributed by atoms with Crippen LogP contribution >= 0.6 is 0 Å². The Bertz CT molecular complexity index is 251. The Morgan fingerprint density at radius 2 is 2.40 bits per heavy atom. The Labute approximate surface area is 88.5 Å². The fourth-order valence-electron chi connectivity index (χ4n) is 1.33. The lowest BCUT2D eigenvalue weighted by Gasteiger charge is -2.16. The van der Waals surface area contributed by atoms with Gasteiger partial charge >= 0.3 is 0 Å². The smallest absolute Gasteiger partial charge is 0.246 e. The molecule has 4 N–H and O–H groups in total. The highest BCUT2D eigenvalue weighted by Gasteiger charge is 2.35. The summed E-state index contributed by atoms with van der Waals surface area (Å²) in [5, 5.41) is 14.2. The molecular weight excluding hydrogens is 198 g/mol. The number of nitrogens with one attached hydrogen (secondary N) is 1. The summed E-state index contributed by atoms with van der Waals surface area (Å²) in [7, 11) is 0. The second-order valence-electron chi connectivity index (χ2n) is 3.54. The van der Waals surface area contributed by atoms with E-state index in [1.807, 2.05) is 6.92 Å². The van der Waals surface area contributed by atoms with Crippen LogP contribution in [0.25, 0.3) is 0 Å². The van der Waals surface area contributed by atoms with Crippen LogP contribution in [0.1, 0.15) is 19.8 Å². The Balaban J connectivity index is 2.40. The summed E-state index contributed by atoms with van der Waals surface area (Å²) in [5.74, 6) is 0.120. The molecule has 0 aromatic rings. The SMILES string of the molecule is CCOCC(=O)NC(C(N)=NO)C1CC1. The summed E-state index contributed by atoms with van der Waals surface area (Å²) in [6, 6.07) is -0.358. The van der Waals surface area contributed by atoms with Gasteiger partial charge in [0.05, 0.1) is 6.04 Å². The number of carbonyl (C=O) groups excluding carboxylic acids is 1. The molecule has 1 aliphatic carbocycles. The minimum atomic E-state index is -0.358. The molecule has 0 heterocycles. The molecule has 86 valence electrons. The van der Waals surface area contributed by atoms with Crippen LogP contribution in [0.2, 0.25) is 0 Å². The molecule has 1 rings (SSSR count). The van der Waals surface area contributed by atoms with E-state index in [2.05, 4.69) is 10.5 Å². The number of hydrogen-bond acceptors (Lipinski definition) is 4. The first-order valence-corrected chi connectivity index (χ1v) is 5.03. The fraction of sp³-hybridized carbons (Fsp3) is 0.778. The Morgan fingerprint density at radius 1 is 1.73 bits per heavy atom. The predicted molar refractivity (Wildman–Crippen MR) is 54.6 cm³/mol. The maximum atomic E-state index is 11.3. The van der Waals surface area contributed by atoms with E-state index in [0.29, 0.717) is 12.5 Å². The molecule has 6 heteroatoms. The first-order chi connectivity index (χ1) is 7.19. The van der Waals surface area contributed by atoms with E-state index in [4.69, 9.17) is 15.7 Å². The van der Waals surface area contributed by atoms with Crippen LogP contribution < -0.4 is 11.1 Å². The topological polar surface area (TPSA) is 96.9 Å². The normalized spacial score (nSPS) is 18.6. The van der Waals surface area contributed by atoms with E-state index in [0.717, 1.165) is 12.8 Å². The minimum absolute atomic E-state index is 0.0123. The van der Waals surface area contributed by atoms with Crippen LogP contribution in [0.3, 0.4) is 0 Å². The van der Waals surface area contributed by atoms with Crippen molar-refractivity contribution in [3.05, 3.63) is 0 Å². The van der Waals surface area contributed by atoms with Crippen molar-refractivity contribution < 1.29 is 14.7 Å². The van der Waals surface area contributed by atoms with E-state index in [1.54, 1.807) is 0 Å². The third-order valence-electron chi connectivity index (χ3n) is 2.28. The lowest BCUT2D eigenvalue weighted by molar-refractivity contribution is -0.125. The molecule has 0 aliphatic heterocycles. The van der Waals surface area contributed by atoms with Crippen LogP contribution in [0.15, 0.2) is 5.16 Å². The number of rotatable bonds is 6. The van der Waals surface area contributed by atoms with Crippen molar-refractivity contribution in [1.29, 1.82) is 0 Å². The van der Waals surface area contributed by atoms with Gasteiger partial charge in [0, 0.05) is 6.61 Å². The number of carbonyl (C=O) groups is 1. The first-order valence-electron chi connectivity index (χ1n) is 5.03. The quantitative estimate of drug-likeness (QED) is 0.244. The number of nitrogens with zero attached hydrogens (tertiary/aromatic N) is 1. The molecule has 0 aromatic carbocycles. The molecule has 1 saturated carbocycles. The molecule has 1 unspecified atom stereocenters. The molecular formula is C9H17N3O3. The molecule has 0 bridgehead atoms. The third kappa shape index (κ3) is 3.75. The summed E-state index contributed by atoms with van der Waals surface area (Å²) >= 11 is 0. The summed E-state index contributed by atoms with van der Waals surface area (Å²) in [6.07, 6.45) is 1.99. The van der Waals surface area contributed by atoms with E-state index < -0.39 is 0 Å². The first kappa shape index (κ1) is 11.8. The molecule has 0 saturated heterocycles. The molecule has 15 heavy (non-hydrogen) atoms. The summed E-state index contributed by atoms with van der Waals surface area (Å²) < 4.78 is 4.95. The van der Waals surface area contributed by atoms with Crippen molar-refractivity contribution in [3.8, 4) is 0 Å². The lowest BCUT2D eigenvalue weighted by atomic mass is 10.1. The van der Waals surface area contributed by atoms with E-state index in [9.17, 15) is 4.79 Å². The summed E-state index contributed by atoms with van der Waals surface area (Å²) in [4.78, 5) is 11.3. The van der Waals surface area contributed by atoms with Gasteiger partial charge in [-0.2, -0.15) is 0 Å². The van der Waals surface area contributed by atoms with Gasteiger partial charge < -0.3 is 21.0 Å². The van der Waals surface area contributed by atoms with Crippen molar-refractivity contribution in [2.75, 3.05) is 13.2 Å². The zero-order chi connectivity index (χ0) is 11.3. The summed E-state index contributed by atoms with van der Waals surface area (Å²) in [6.45, 7) is 2.32.